The second-order valence-corrected chi connectivity index (χ2v) is 5.98. The van der Waals surface area contributed by atoms with Crippen LogP contribution in [0.4, 0.5) is 5.69 Å². The number of nitrogens with one attached hydrogen (secondary N) is 1. The van der Waals surface area contributed by atoms with E-state index in [4.69, 9.17) is 0 Å². The van der Waals surface area contributed by atoms with Crippen LogP contribution >= 0.6 is 0 Å². The van der Waals surface area contributed by atoms with Crippen molar-refractivity contribution >= 4 is 17.3 Å². The van der Waals surface area contributed by atoms with Crippen molar-refractivity contribution in [3.63, 3.8) is 0 Å². The summed E-state index contributed by atoms with van der Waals surface area (Å²) in [6, 6.07) is 7.90. The molecule has 5 heteroatoms. The van der Waals surface area contributed by atoms with Gasteiger partial charge in [0.05, 0.1) is 17.3 Å². The number of rotatable bonds is 6. The number of carbonyl (C=O) groups is 1. The molecule has 0 saturated carbocycles. The summed E-state index contributed by atoms with van der Waals surface area (Å²) in [6.07, 6.45) is 7.06. The molecule has 23 heavy (non-hydrogen) atoms. The Bertz CT molecular complexity index is 688. The lowest BCUT2D eigenvalue weighted by Crippen LogP contribution is -2.28. The Labute approximate surface area is 136 Å². The van der Waals surface area contributed by atoms with Gasteiger partial charge < -0.3 is 4.98 Å². The van der Waals surface area contributed by atoms with Gasteiger partial charge >= 0.3 is 0 Å². The molecule has 1 unspecified atom stereocenters. The lowest BCUT2D eigenvalue weighted by molar-refractivity contribution is -0.119. The van der Waals surface area contributed by atoms with Gasteiger partial charge in [-0.2, -0.15) is 5.10 Å². The predicted octanol–water partition coefficient (Wildman–Crippen LogP) is 3.47. The fourth-order valence-corrected chi connectivity index (χ4v) is 2.83. The van der Waals surface area contributed by atoms with Crippen molar-refractivity contribution in [1.82, 2.24) is 9.97 Å². The monoisotopic (exact) mass is 310 g/mol. The zero-order chi connectivity index (χ0) is 16.2. The van der Waals surface area contributed by atoms with Crippen molar-refractivity contribution in [2.75, 3.05) is 5.01 Å². The number of aromatic nitrogens is 2. The summed E-state index contributed by atoms with van der Waals surface area (Å²) in [5.74, 6) is 0.786. The van der Waals surface area contributed by atoms with Crippen LogP contribution in [0, 0.1) is 12.8 Å². The van der Waals surface area contributed by atoms with Crippen LogP contribution in [0.15, 0.2) is 41.8 Å². The van der Waals surface area contributed by atoms with Gasteiger partial charge in [-0.3, -0.25) is 4.79 Å². The highest BCUT2D eigenvalue weighted by atomic mass is 16.2. The predicted molar refractivity (Wildman–Crippen MR) is 91.4 cm³/mol. The number of carbonyl (C=O) groups excluding carboxylic acids is 1. The molecule has 0 fully saturated rings. The van der Waals surface area contributed by atoms with Crippen molar-refractivity contribution in [3.05, 3.63) is 48.0 Å². The first-order valence-electron chi connectivity index (χ1n) is 8.15. The highest BCUT2D eigenvalue weighted by Gasteiger charge is 2.36. The number of nitrogens with zero attached hydrogens (tertiary/aromatic N) is 3. The fraction of sp³-hybridized carbons (Fsp3) is 0.389. The first-order chi connectivity index (χ1) is 11.2. The zero-order valence-electron chi connectivity index (χ0n) is 13.6. The van der Waals surface area contributed by atoms with E-state index in [0.717, 1.165) is 36.5 Å². The molecule has 0 bridgehead atoms. The summed E-state index contributed by atoms with van der Waals surface area (Å²) in [6.45, 7) is 4.17. The van der Waals surface area contributed by atoms with Crippen LogP contribution in [0.5, 0.6) is 0 Å². The molecule has 120 valence electrons. The van der Waals surface area contributed by atoms with Gasteiger partial charge in [-0.1, -0.05) is 37.5 Å². The summed E-state index contributed by atoms with van der Waals surface area (Å²) in [5.41, 5.74) is 2.90. The minimum atomic E-state index is -0.138. The second-order valence-electron chi connectivity index (χ2n) is 5.98. The average Bonchev–Trinajstić information content (AvgIpc) is 3.16. The molecule has 0 aliphatic carbocycles. The van der Waals surface area contributed by atoms with E-state index in [2.05, 4.69) is 22.0 Å². The summed E-state index contributed by atoms with van der Waals surface area (Å²) < 4.78 is 0. The largest absolute Gasteiger partial charge is 0.348 e. The van der Waals surface area contributed by atoms with Gasteiger partial charge in [0.1, 0.15) is 5.82 Å². The molecule has 1 atom stereocenters. The molecule has 0 saturated heterocycles. The number of hydrogen-bond donors (Lipinski definition) is 1. The second kappa shape index (κ2) is 6.77. The first-order valence-corrected chi connectivity index (χ1v) is 8.15. The fourth-order valence-electron chi connectivity index (χ4n) is 2.83. The number of benzene rings is 1. The van der Waals surface area contributed by atoms with Crippen LogP contribution in [0.25, 0.3) is 0 Å². The number of hydrogen-bond acceptors (Lipinski definition) is 3. The Morgan fingerprint density at radius 1 is 1.26 bits per heavy atom. The molecule has 1 amide bonds. The molecule has 1 aromatic heterocycles. The maximum Gasteiger partial charge on any atom is 0.256 e. The van der Waals surface area contributed by atoms with Gasteiger partial charge in [0.25, 0.3) is 5.91 Å². The summed E-state index contributed by atoms with van der Waals surface area (Å²) in [7, 11) is 0. The van der Waals surface area contributed by atoms with E-state index >= 15 is 0 Å². The number of aromatic amines is 1. The molecule has 0 radical (unpaired) electrons. The van der Waals surface area contributed by atoms with Crippen LogP contribution in [0.2, 0.25) is 0 Å². The maximum atomic E-state index is 12.8. The minimum Gasteiger partial charge on any atom is -0.348 e. The van der Waals surface area contributed by atoms with Crippen molar-refractivity contribution in [1.29, 1.82) is 0 Å². The number of aryl methyl sites for hydroxylation is 1. The van der Waals surface area contributed by atoms with E-state index in [-0.39, 0.29) is 11.8 Å². The summed E-state index contributed by atoms with van der Waals surface area (Å²) >= 11 is 0. The maximum absolute atomic E-state index is 12.8. The summed E-state index contributed by atoms with van der Waals surface area (Å²) in [5, 5.41) is 6.17. The van der Waals surface area contributed by atoms with Crippen molar-refractivity contribution in [2.24, 2.45) is 11.0 Å². The number of H-pyrrole nitrogens is 1. The number of anilines is 1. The number of hydrazone groups is 1. The van der Waals surface area contributed by atoms with Crippen LogP contribution in [-0.2, 0) is 11.2 Å². The number of imidazole rings is 1. The Hall–Kier alpha value is -2.43. The first kappa shape index (κ1) is 15.5. The van der Waals surface area contributed by atoms with Gasteiger partial charge in [-0.25, -0.2) is 9.99 Å². The third-order valence-corrected chi connectivity index (χ3v) is 4.17. The van der Waals surface area contributed by atoms with E-state index in [0.29, 0.717) is 6.42 Å². The normalized spacial score (nSPS) is 17.7. The third-order valence-electron chi connectivity index (χ3n) is 4.17. The molecule has 0 spiro atoms. The van der Waals surface area contributed by atoms with Crippen LogP contribution < -0.4 is 5.01 Å². The van der Waals surface area contributed by atoms with Crippen LogP contribution in [-0.4, -0.2) is 21.6 Å². The molecule has 1 aliphatic rings. The lowest BCUT2D eigenvalue weighted by Gasteiger charge is -2.14. The number of amides is 1. The van der Waals surface area contributed by atoms with Gasteiger partial charge in [0.2, 0.25) is 0 Å². The number of unbranched alkanes of at least 4 members (excludes halogenated alkanes) is 1. The molecule has 1 aliphatic heterocycles. The molecule has 1 N–H and O–H groups in total. The van der Waals surface area contributed by atoms with Gasteiger partial charge in [-0.15, -0.1) is 0 Å². The van der Waals surface area contributed by atoms with Gasteiger partial charge in [0, 0.05) is 18.8 Å². The Morgan fingerprint density at radius 2 is 2.04 bits per heavy atom. The highest BCUT2D eigenvalue weighted by Crippen LogP contribution is 2.28. The molecule has 1 aromatic carbocycles. The van der Waals surface area contributed by atoms with Crippen molar-refractivity contribution in [2.45, 2.75) is 39.5 Å². The average molecular weight is 310 g/mol. The molecular weight excluding hydrogens is 288 g/mol. The molecule has 2 aromatic rings. The van der Waals surface area contributed by atoms with Crippen LogP contribution in [0.1, 0.15) is 37.6 Å². The Kier molecular flexibility index (Phi) is 4.55. The van der Waals surface area contributed by atoms with Crippen molar-refractivity contribution in [3.8, 4) is 0 Å². The van der Waals surface area contributed by atoms with E-state index in [1.807, 2.05) is 31.2 Å². The lowest BCUT2D eigenvalue weighted by atomic mass is 9.94. The standard InChI is InChI=1S/C18H22N4O/c1-3-4-5-15-16(12-17-19-10-11-20-17)21-22(18(15)23)14-8-6-13(2)7-9-14/h6-11,15H,3-5,12H2,1-2H3,(H,19,20). The van der Waals surface area contributed by atoms with Crippen LogP contribution in [0.3, 0.4) is 0 Å². The van der Waals surface area contributed by atoms with E-state index in [9.17, 15) is 4.79 Å². The Morgan fingerprint density at radius 3 is 2.70 bits per heavy atom. The quantitative estimate of drug-likeness (QED) is 0.888. The molecular formula is C18H22N4O. The summed E-state index contributed by atoms with van der Waals surface area (Å²) in [4.78, 5) is 20.2. The molecule has 5 nitrogen and oxygen atoms in total. The van der Waals surface area contributed by atoms with Gasteiger partial charge in [0.15, 0.2) is 0 Å². The zero-order valence-corrected chi connectivity index (χ0v) is 13.6. The van der Waals surface area contributed by atoms with Gasteiger partial charge in [-0.05, 0) is 25.5 Å². The molecule has 2 heterocycles. The Balaban J connectivity index is 1.86. The molecule has 3 rings (SSSR count). The smallest absolute Gasteiger partial charge is 0.256 e. The van der Waals surface area contributed by atoms with E-state index < -0.39 is 0 Å². The van der Waals surface area contributed by atoms with E-state index in [1.165, 1.54) is 5.56 Å². The highest BCUT2D eigenvalue weighted by molar-refractivity contribution is 6.15. The SMILES string of the molecule is CCCCC1C(=O)N(c2ccc(C)cc2)N=C1Cc1ncc[nH]1. The minimum absolute atomic E-state index is 0.0730. The topological polar surface area (TPSA) is 61.4 Å². The van der Waals surface area contributed by atoms with E-state index in [1.54, 1.807) is 17.4 Å². The third kappa shape index (κ3) is 3.33. The van der Waals surface area contributed by atoms with Crippen molar-refractivity contribution < 1.29 is 4.79 Å².